The van der Waals surface area contributed by atoms with Crippen molar-refractivity contribution in [2.45, 2.75) is 20.4 Å². The van der Waals surface area contributed by atoms with Crippen LogP contribution in [0.5, 0.6) is 0 Å². The molecule has 0 saturated heterocycles. The summed E-state index contributed by atoms with van der Waals surface area (Å²) < 4.78 is 1.30. The maximum atomic E-state index is 12.5. The third-order valence-corrected chi connectivity index (χ3v) is 5.22. The Balaban J connectivity index is 1.52. The van der Waals surface area contributed by atoms with Gasteiger partial charge in [-0.1, -0.05) is 29.8 Å². The zero-order chi connectivity index (χ0) is 19.7. The second-order valence-electron chi connectivity index (χ2n) is 6.60. The van der Waals surface area contributed by atoms with Gasteiger partial charge in [-0.15, -0.1) is 11.3 Å². The van der Waals surface area contributed by atoms with Crippen molar-refractivity contribution < 1.29 is 4.79 Å². The van der Waals surface area contributed by atoms with Gasteiger partial charge < -0.3 is 5.32 Å². The van der Waals surface area contributed by atoms with Gasteiger partial charge >= 0.3 is 0 Å². The Morgan fingerprint density at radius 3 is 2.86 bits per heavy atom. The third-order valence-electron chi connectivity index (χ3n) is 4.47. The SMILES string of the molecule is Cc1ccc(C)c(-c2csc(NC(=O)Cn3cnc4ccccc4c3=O)n2)c1. The summed E-state index contributed by atoms with van der Waals surface area (Å²) in [5.41, 5.74) is 4.53. The zero-order valence-corrected chi connectivity index (χ0v) is 16.3. The molecule has 2 aromatic carbocycles. The molecule has 6 nitrogen and oxygen atoms in total. The molecule has 0 spiro atoms. The van der Waals surface area contributed by atoms with Gasteiger partial charge in [-0.2, -0.15) is 0 Å². The van der Waals surface area contributed by atoms with Crippen LogP contribution in [-0.2, 0) is 11.3 Å². The van der Waals surface area contributed by atoms with Crippen LogP contribution in [-0.4, -0.2) is 20.4 Å². The molecular weight excluding hydrogens is 372 g/mol. The molecule has 0 saturated carbocycles. The van der Waals surface area contributed by atoms with Crippen LogP contribution in [0, 0.1) is 13.8 Å². The number of nitrogens with zero attached hydrogens (tertiary/aromatic N) is 3. The summed E-state index contributed by atoms with van der Waals surface area (Å²) in [7, 11) is 0. The smallest absolute Gasteiger partial charge is 0.261 e. The molecule has 7 heteroatoms. The molecule has 2 aromatic heterocycles. The molecule has 28 heavy (non-hydrogen) atoms. The Bertz CT molecular complexity index is 1240. The fourth-order valence-corrected chi connectivity index (χ4v) is 3.73. The number of nitrogens with one attached hydrogen (secondary N) is 1. The summed E-state index contributed by atoms with van der Waals surface area (Å²) in [6.45, 7) is 3.95. The molecule has 1 N–H and O–H groups in total. The summed E-state index contributed by atoms with van der Waals surface area (Å²) in [6.07, 6.45) is 1.40. The van der Waals surface area contributed by atoms with E-state index in [1.807, 2.05) is 25.3 Å². The molecule has 4 aromatic rings. The first-order valence-electron chi connectivity index (χ1n) is 8.78. The molecule has 0 bridgehead atoms. The summed E-state index contributed by atoms with van der Waals surface area (Å²) in [5, 5.41) is 5.68. The summed E-state index contributed by atoms with van der Waals surface area (Å²) in [4.78, 5) is 33.7. The van der Waals surface area contributed by atoms with Crippen molar-refractivity contribution in [1.82, 2.24) is 14.5 Å². The van der Waals surface area contributed by atoms with Crippen LogP contribution < -0.4 is 10.9 Å². The summed E-state index contributed by atoms with van der Waals surface area (Å²) >= 11 is 1.36. The molecule has 4 rings (SSSR count). The van der Waals surface area contributed by atoms with E-state index in [0.29, 0.717) is 16.0 Å². The van der Waals surface area contributed by atoms with Crippen LogP contribution in [0.2, 0.25) is 0 Å². The van der Waals surface area contributed by atoms with Gasteiger partial charge in [-0.05, 0) is 37.6 Å². The number of anilines is 1. The van der Waals surface area contributed by atoms with Gasteiger partial charge in [0.2, 0.25) is 5.91 Å². The first-order chi connectivity index (χ1) is 13.5. The van der Waals surface area contributed by atoms with Gasteiger partial charge in [0, 0.05) is 10.9 Å². The quantitative estimate of drug-likeness (QED) is 0.575. The van der Waals surface area contributed by atoms with E-state index in [4.69, 9.17) is 0 Å². The predicted molar refractivity (Wildman–Crippen MR) is 112 cm³/mol. The first kappa shape index (κ1) is 18.1. The van der Waals surface area contributed by atoms with Gasteiger partial charge in [0.05, 0.1) is 22.9 Å². The lowest BCUT2D eigenvalue weighted by atomic mass is 10.0. The lowest BCUT2D eigenvalue weighted by Crippen LogP contribution is -2.27. The van der Waals surface area contributed by atoms with E-state index in [1.54, 1.807) is 18.2 Å². The van der Waals surface area contributed by atoms with Crippen molar-refractivity contribution >= 4 is 33.3 Å². The summed E-state index contributed by atoms with van der Waals surface area (Å²) in [5.74, 6) is -0.318. The first-order valence-corrected chi connectivity index (χ1v) is 9.66. The van der Waals surface area contributed by atoms with E-state index in [1.165, 1.54) is 22.2 Å². The number of aromatic nitrogens is 3. The molecule has 2 heterocycles. The number of amides is 1. The van der Waals surface area contributed by atoms with Crippen molar-refractivity contribution in [3.63, 3.8) is 0 Å². The Labute approximate surface area is 165 Å². The minimum absolute atomic E-state index is 0.116. The number of fused-ring (bicyclic) bond motifs is 1. The van der Waals surface area contributed by atoms with Crippen molar-refractivity contribution in [3.8, 4) is 11.3 Å². The number of hydrogen-bond acceptors (Lipinski definition) is 5. The summed E-state index contributed by atoms with van der Waals surface area (Å²) in [6, 6.07) is 13.3. The van der Waals surface area contributed by atoms with Gasteiger partial charge in [0.1, 0.15) is 6.54 Å². The molecule has 0 aliphatic rings. The highest BCUT2D eigenvalue weighted by Gasteiger charge is 2.12. The largest absolute Gasteiger partial charge is 0.300 e. The Morgan fingerprint density at radius 2 is 2.00 bits per heavy atom. The number of thiazole rings is 1. The zero-order valence-electron chi connectivity index (χ0n) is 15.5. The molecule has 0 unspecified atom stereocenters. The standard InChI is InChI=1S/C21H18N4O2S/c1-13-7-8-14(2)16(9-13)18-11-28-21(23-18)24-19(26)10-25-12-22-17-6-4-3-5-15(17)20(25)27/h3-9,11-12H,10H2,1-2H3,(H,23,24,26). The number of hydrogen-bond donors (Lipinski definition) is 1. The van der Waals surface area contributed by atoms with Gasteiger partial charge in [-0.3, -0.25) is 14.2 Å². The van der Waals surface area contributed by atoms with E-state index in [-0.39, 0.29) is 18.0 Å². The monoisotopic (exact) mass is 390 g/mol. The lowest BCUT2D eigenvalue weighted by molar-refractivity contribution is -0.116. The Morgan fingerprint density at radius 1 is 1.18 bits per heavy atom. The minimum Gasteiger partial charge on any atom is -0.300 e. The maximum Gasteiger partial charge on any atom is 0.261 e. The molecule has 0 aliphatic carbocycles. The molecule has 0 aliphatic heterocycles. The lowest BCUT2D eigenvalue weighted by Gasteiger charge is -2.06. The molecule has 0 radical (unpaired) electrons. The highest BCUT2D eigenvalue weighted by Crippen LogP contribution is 2.28. The number of para-hydroxylation sites is 1. The average molecular weight is 390 g/mol. The van der Waals surface area contributed by atoms with E-state index in [0.717, 1.165) is 22.4 Å². The highest BCUT2D eigenvalue weighted by atomic mass is 32.1. The fraction of sp³-hybridized carbons (Fsp3) is 0.143. The normalized spacial score (nSPS) is 10.9. The minimum atomic E-state index is -0.318. The number of rotatable bonds is 4. The number of benzene rings is 2. The van der Waals surface area contributed by atoms with Gasteiger partial charge in [-0.25, -0.2) is 9.97 Å². The van der Waals surface area contributed by atoms with E-state index < -0.39 is 0 Å². The van der Waals surface area contributed by atoms with Crippen molar-refractivity contribution in [3.05, 3.63) is 75.7 Å². The number of carbonyl (C=O) groups excluding carboxylic acids is 1. The predicted octanol–water partition coefficient (Wildman–Crippen LogP) is 3.78. The number of carbonyl (C=O) groups is 1. The fourth-order valence-electron chi connectivity index (χ4n) is 3.00. The Kier molecular flexibility index (Phi) is 4.75. The van der Waals surface area contributed by atoms with Crippen LogP contribution in [0.1, 0.15) is 11.1 Å². The molecule has 140 valence electrons. The van der Waals surface area contributed by atoms with Gasteiger partial charge in [0.15, 0.2) is 5.13 Å². The van der Waals surface area contributed by atoms with E-state index >= 15 is 0 Å². The highest BCUT2D eigenvalue weighted by molar-refractivity contribution is 7.14. The topological polar surface area (TPSA) is 76.9 Å². The van der Waals surface area contributed by atoms with Crippen LogP contribution in [0.3, 0.4) is 0 Å². The second kappa shape index (κ2) is 7.36. The second-order valence-corrected chi connectivity index (χ2v) is 7.46. The van der Waals surface area contributed by atoms with Crippen LogP contribution in [0.15, 0.2) is 59.0 Å². The van der Waals surface area contributed by atoms with E-state index in [2.05, 4.69) is 33.5 Å². The van der Waals surface area contributed by atoms with Crippen molar-refractivity contribution in [2.75, 3.05) is 5.32 Å². The van der Waals surface area contributed by atoms with Crippen molar-refractivity contribution in [2.24, 2.45) is 0 Å². The Hall–Kier alpha value is -3.32. The van der Waals surface area contributed by atoms with Gasteiger partial charge in [0.25, 0.3) is 5.56 Å². The molecule has 1 amide bonds. The average Bonchev–Trinajstić information content (AvgIpc) is 3.14. The molecular formula is C21H18N4O2S. The maximum absolute atomic E-state index is 12.5. The van der Waals surface area contributed by atoms with Crippen molar-refractivity contribution in [1.29, 1.82) is 0 Å². The van der Waals surface area contributed by atoms with E-state index in [9.17, 15) is 9.59 Å². The van der Waals surface area contributed by atoms with Crippen LogP contribution in [0.4, 0.5) is 5.13 Å². The third kappa shape index (κ3) is 3.57. The van der Waals surface area contributed by atoms with Crippen LogP contribution in [0.25, 0.3) is 22.2 Å². The molecule has 0 fully saturated rings. The number of aryl methyl sites for hydroxylation is 2. The van der Waals surface area contributed by atoms with Crippen LogP contribution >= 0.6 is 11.3 Å². The molecule has 0 atom stereocenters.